The number of hydrogen-bond acceptors (Lipinski definition) is 2. The summed E-state index contributed by atoms with van der Waals surface area (Å²) in [6.45, 7) is 0. The maximum Gasteiger partial charge on any atom is 0.433 e. The molecule has 2 bridgehead atoms. The number of nitrogens with zero attached hydrogens (tertiary/aromatic N) is 1. The molecule has 0 spiro atoms. The van der Waals surface area contributed by atoms with E-state index in [-0.39, 0.29) is 17.9 Å². The van der Waals surface area contributed by atoms with Crippen LogP contribution in [0.3, 0.4) is 0 Å². The Labute approximate surface area is 78.4 Å². The molecule has 3 aliphatic rings. The molecular formula is C9H8F3NO. The van der Waals surface area contributed by atoms with Gasteiger partial charge in [-0.2, -0.15) is 13.2 Å². The summed E-state index contributed by atoms with van der Waals surface area (Å²) in [5, 5.41) is 3.18. The first-order valence-corrected chi connectivity index (χ1v) is 4.56. The van der Waals surface area contributed by atoms with Gasteiger partial charge in [0.1, 0.15) is 6.10 Å². The first kappa shape index (κ1) is 8.32. The molecular weight excluding hydrogens is 195 g/mol. The van der Waals surface area contributed by atoms with E-state index < -0.39 is 17.8 Å². The fraction of sp³-hybridized carbons (Fsp3) is 0.667. The fourth-order valence-corrected chi connectivity index (χ4v) is 2.70. The summed E-state index contributed by atoms with van der Waals surface area (Å²) in [4.78, 5) is 4.87. The van der Waals surface area contributed by atoms with Crippen molar-refractivity contribution < 1.29 is 18.0 Å². The Balaban J connectivity index is 1.95. The highest BCUT2D eigenvalue weighted by Crippen LogP contribution is 2.50. The van der Waals surface area contributed by atoms with Crippen LogP contribution in [0.2, 0.25) is 0 Å². The second kappa shape index (κ2) is 2.32. The lowest BCUT2D eigenvalue weighted by Gasteiger charge is -2.19. The fourth-order valence-electron chi connectivity index (χ4n) is 2.70. The molecule has 5 heteroatoms. The minimum atomic E-state index is -4.34. The maximum atomic E-state index is 12.5. The van der Waals surface area contributed by atoms with Crippen molar-refractivity contribution in [3.05, 3.63) is 12.2 Å². The normalized spacial score (nSPS) is 43.8. The molecule has 0 aromatic carbocycles. The molecule has 76 valence electrons. The lowest BCUT2D eigenvalue weighted by molar-refractivity contribution is -0.0628. The molecule has 1 aliphatic heterocycles. The summed E-state index contributed by atoms with van der Waals surface area (Å²) in [7, 11) is 0. The number of hydrogen-bond donors (Lipinski definition) is 0. The summed E-state index contributed by atoms with van der Waals surface area (Å²) in [5.41, 5.74) is -0.723. The van der Waals surface area contributed by atoms with Crippen molar-refractivity contribution in [1.82, 2.24) is 0 Å². The van der Waals surface area contributed by atoms with Gasteiger partial charge in [0.25, 0.3) is 0 Å². The lowest BCUT2D eigenvalue weighted by Crippen LogP contribution is -2.35. The van der Waals surface area contributed by atoms with Crippen LogP contribution in [0.25, 0.3) is 0 Å². The van der Waals surface area contributed by atoms with Crippen LogP contribution in [-0.2, 0) is 4.84 Å². The van der Waals surface area contributed by atoms with Crippen LogP contribution in [-0.4, -0.2) is 18.0 Å². The molecule has 0 radical (unpaired) electrons. The Morgan fingerprint density at radius 3 is 2.71 bits per heavy atom. The maximum absolute atomic E-state index is 12.5. The van der Waals surface area contributed by atoms with E-state index in [1.165, 1.54) is 0 Å². The van der Waals surface area contributed by atoms with Crippen LogP contribution < -0.4 is 0 Å². The highest BCUT2D eigenvalue weighted by Gasteiger charge is 2.58. The van der Waals surface area contributed by atoms with Gasteiger partial charge >= 0.3 is 6.18 Å². The molecule has 0 amide bonds. The predicted octanol–water partition coefficient (Wildman–Crippen LogP) is 2.13. The minimum Gasteiger partial charge on any atom is -0.391 e. The van der Waals surface area contributed by atoms with E-state index in [4.69, 9.17) is 4.84 Å². The van der Waals surface area contributed by atoms with Crippen molar-refractivity contribution in [1.29, 1.82) is 0 Å². The van der Waals surface area contributed by atoms with Crippen LogP contribution in [0.5, 0.6) is 0 Å². The zero-order chi connectivity index (χ0) is 9.92. The molecule has 0 saturated heterocycles. The third-order valence-corrected chi connectivity index (χ3v) is 3.27. The summed E-state index contributed by atoms with van der Waals surface area (Å²) in [6.07, 6.45) is -0.105. The number of allylic oxidation sites excluding steroid dienone is 1. The van der Waals surface area contributed by atoms with E-state index >= 15 is 0 Å². The monoisotopic (exact) mass is 203 g/mol. The van der Waals surface area contributed by atoms with Crippen LogP contribution >= 0.6 is 0 Å². The summed E-state index contributed by atoms with van der Waals surface area (Å²) in [6, 6.07) is 0. The van der Waals surface area contributed by atoms with Gasteiger partial charge in [0.05, 0.1) is 5.92 Å². The van der Waals surface area contributed by atoms with E-state index in [1.807, 2.05) is 12.2 Å². The zero-order valence-electron chi connectivity index (χ0n) is 7.16. The molecule has 0 aromatic rings. The standard InChI is InChI=1S/C9H8F3NO/c10-9(11,12)8-6-4-1-2-5(3-4)7(6)14-13-8/h1-2,4-7H,3H2/t4-,5-,6-,7-/m0/s1. The van der Waals surface area contributed by atoms with Crippen LogP contribution in [0.4, 0.5) is 13.2 Å². The molecule has 14 heavy (non-hydrogen) atoms. The minimum absolute atomic E-state index is 0.0205. The molecule has 1 heterocycles. The third-order valence-electron chi connectivity index (χ3n) is 3.27. The number of oxime groups is 1. The van der Waals surface area contributed by atoms with Crippen molar-refractivity contribution in [2.75, 3.05) is 0 Å². The Morgan fingerprint density at radius 2 is 2.00 bits per heavy atom. The van der Waals surface area contributed by atoms with Gasteiger partial charge in [0, 0.05) is 5.92 Å². The van der Waals surface area contributed by atoms with Crippen molar-refractivity contribution in [2.45, 2.75) is 18.7 Å². The molecule has 0 N–H and O–H groups in total. The van der Waals surface area contributed by atoms with Gasteiger partial charge in [-0.3, -0.25) is 0 Å². The number of alkyl halides is 3. The lowest BCUT2D eigenvalue weighted by atomic mass is 9.87. The summed E-state index contributed by atoms with van der Waals surface area (Å²) in [5.74, 6) is -0.438. The van der Waals surface area contributed by atoms with Crippen LogP contribution in [0.1, 0.15) is 6.42 Å². The SMILES string of the molecule is FC(F)(F)C1=NO[C@@H]2[C@@H]1[C@H]1C=C[C@H]2C1. The van der Waals surface area contributed by atoms with E-state index in [0.717, 1.165) is 6.42 Å². The molecule has 0 unspecified atom stereocenters. The average molecular weight is 203 g/mol. The van der Waals surface area contributed by atoms with Gasteiger partial charge in [-0.1, -0.05) is 17.3 Å². The van der Waals surface area contributed by atoms with E-state index in [0.29, 0.717) is 0 Å². The molecule has 2 aliphatic carbocycles. The molecule has 4 atom stereocenters. The van der Waals surface area contributed by atoms with Crippen molar-refractivity contribution >= 4 is 5.71 Å². The second-order valence-electron chi connectivity index (χ2n) is 4.02. The molecule has 1 saturated carbocycles. The smallest absolute Gasteiger partial charge is 0.391 e. The summed E-state index contributed by atoms with van der Waals surface area (Å²) < 4.78 is 37.5. The van der Waals surface area contributed by atoms with Gasteiger partial charge in [-0.05, 0) is 12.3 Å². The Morgan fingerprint density at radius 1 is 1.29 bits per heavy atom. The van der Waals surface area contributed by atoms with Gasteiger partial charge in [0.15, 0.2) is 5.71 Å². The zero-order valence-corrected chi connectivity index (χ0v) is 7.16. The third kappa shape index (κ3) is 0.898. The summed E-state index contributed by atoms with van der Waals surface area (Å²) >= 11 is 0. The van der Waals surface area contributed by atoms with E-state index in [2.05, 4.69) is 5.16 Å². The first-order valence-electron chi connectivity index (χ1n) is 4.56. The molecule has 0 aromatic heterocycles. The van der Waals surface area contributed by atoms with Gasteiger partial charge in [0.2, 0.25) is 0 Å². The van der Waals surface area contributed by atoms with Gasteiger partial charge in [-0.15, -0.1) is 0 Å². The van der Waals surface area contributed by atoms with Crippen LogP contribution in [0, 0.1) is 17.8 Å². The van der Waals surface area contributed by atoms with Crippen LogP contribution in [0.15, 0.2) is 17.3 Å². The topological polar surface area (TPSA) is 21.6 Å². The van der Waals surface area contributed by atoms with Gasteiger partial charge < -0.3 is 4.84 Å². The quantitative estimate of drug-likeness (QED) is 0.552. The Kier molecular flexibility index (Phi) is 1.38. The number of fused-ring (bicyclic) bond motifs is 5. The Bertz CT molecular complexity index is 333. The van der Waals surface area contributed by atoms with Crippen molar-refractivity contribution in [2.24, 2.45) is 22.9 Å². The Hall–Kier alpha value is -1.00. The highest BCUT2D eigenvalue weighted by molar-refractivity contribution is 5.93. The second-order valence-corrected chi connectivity index (χ2v) is 4.02. The largest absolute Gasteiger partial charge is 0.433 e. The predicted molar refractivity (Wildman–Crippen MR) is 42.6 cm³/mol. The van der Waals surface area contributed by atoms with E-state index in [1.54, 1.807) is 0 Å². The van der Waals surface area contributed by atoms with Gasteiger partial charge in [-0.25, -0.2) is 0 Å². The van der Waals surface area contributed by atoms with Crippen molar-refractivity contribution in [3.8, 4) is 0 Å². The highest BCUT2D eigenvalue weighted by atomic mass is 19.4. The number of halogens is 3. The number of rotatable bonds is 0. The average Bonchev–Trinajstić information content (AvgIpc) is 2.74. The molecule has 1 fully saturated rings. The molecule has 3 rings (SSSR count). The molecule has 2 nitrogen and oxygen atoms in total. The first-order chi connectivity index (χ1) is 6.57. The van der Waals surface area contributed by atoms with Crippen molar-refractivity contribution in [3.63, 3.8) is 0 Å². The van der Waals surface area contributed by atoms with E-state index in [9.17, 15) is 13.2 Å².